The number of nitrogen functional groups attached to an aromatic ring is 1. The Morgan fingerprint density at radius 1 is 1.55 bits per heavy atom. The van der Waals surface area contributed by atoms with Crippen molar-refractivity contribution in [2.75, 3.05) is 25.9 Å². The number of rotatable bonds is 3. The van der Waals surface area contributed by atoms with Crippen molar-refractivity contribution in [2.45, 2.75) is 19.5 Å². The maximum absolute atomic E-state index is 11.8. The molecule has 6 heteroatoms. The number of nitrogens with one attached hydrogen (secondary N) is 1. The highest BCUT2D eigenvalue weighted by Crippen LogP contribution is 2.21. The van der Waals surface area contributed by atoms with Gasteiger partial charge in [-0.3, -0.25) is 9.69 Å². The highest BCUT2D eigenvalue weighted by Gasteiger charge is 2.27. The summed E-state index contributed by atoms with van der Waals surface area (Å²) in [7, 11) is 1.33. The Morgan fingerprint density at radius 3 is 3.00 bits per heavy atom. The molecule has 0 aliphatic carbocycles. The second-order valence-electron chi connectivity index (χ2n) is 4.81. The summed E-state index contributed by atoms with van der Waals surface area (Å²) in [4.78, 5) is 25.5. The Morgan fingerprint density at radius 2 is 2.30 bits per heavy atom. The lowest BCUT2D eigenvalue weighted by molar-refractivity contribution is -0.128. The topological polar surface area (TPSA) is 84.7 Å². The summed E-state index contributed by atoms with van der Waals surface area (Å²) < 4.78 is 4.78. The van der Waals surface area contributed by atoms with E-state index in [0.717, 1.165) is 12.1 Å². The molecule has 1 heterocycles. The first-order valence-corrected chi connectivity index (χ1v) is 6.52. The zero-order valence-corrected chi connectivity index (χ0v) is 11.7. The van der Waals surface area contributed by atoms with Gasteiger partial charge in [0.25, 0.3) is 0 Å². The molecule has 6 nitrogen and oxygen atoms in total. The second kappa shape index (κ2) is 5.92. The number of esters is 1. The lowest BCUT2D eigenvalue weighted by Gasteiger charge is -2.33. The minimum Gasteiger partial charge on any atom is -0.465 e. The normalized spacial score (nSPS) is 19.5. The van der Waals surface area contributed by atoms with Gasteiger partial charge in [-0.25, -0.2) is 4.79 Å². The van der Waals surface area contributed by atoms with Crippen molar-refractivity contribution >= 4 is 17.6 Å². The smallest absolute Gasteiger partial charge is 0.340 e. The number of benzene rings is 1. The third-order valence-corrected chi connectivity index (χ3v) is 3.57. The van der Waals surface area contributed by atoms with Gasteiger partial charge in [0.05, 0.1) is 18.7 Å². The molecule has 0 spiro atoms. The molecule has 1 amide bonds. The van der Waals surface area contributed by atoms with E-state index in [1.165, 1.54) is 7.11 Å². The summed E-state index contributed by atoms with van der Waals surface area (Å²) in [5.74, 6) is -0.452. The van der Waals surface area contributed by atoms with Crippen molar-refractivity contribution in [1.29, 1.82) is 0 Å². The van der Waals surface area contributed by atoms with Crippen LogP contribution in [0.15, 0.2) is 18.2 Å². The van der Waals surface area contributed by atoms with E-state index in [1.54, 1.807) is 12.1 Å². The SMILES string of the molecule is COC(=O)c1c(N)cccc1CN1CCNC(=O)C1C. The van der Waals surface area contributed by atoms with E-state index in [9.17, 15) is 9.59 Å². The molecule has 1 aromatic carbocycles. The minimum atomic E-state index is -0.452. The predicted octanol–water partition coefficient (Wildman–Crippen LogP) is 0.376. The van der Waals surface area contributed by atoms with Crippen LogP contribution in [0.5, 0.6) is 0 Å². The summed E-state index contributed by atoms with van der Waals surface area (Å²) in [6.45, 7) is 3.68. The number of anilines is 1. The van der Waals surface area contributed by atoms with E-state index in [4.69, 9.17) is 10.5 Å². The number of piperazine rings is 1. The van der Waals surface area contributed by atoms with Crippen molar-refractivity contribution in [3.8, 4) is 0 Å². The fourth-order valence-electron chi connectivity index (χ4n) is 2.37. The van der Waals surface area contributed by atoms with Crippen LogP contribution in [0.3, 0.4) is 0 Å². The molecule has 1 aliphatic heterocycles. The standard InChI is InChI=1S/C14H19N3O3/c1-9-13(18)16-6-7-17(9)8-10-4-3-5-11(15)12(10)14(19)20-2/h3-5,9H,6-8,15H2,1-2H3,(H,16,18). The molecule has 1 atom stereocenters. The molecule has 0 radical (unpaired) electrons. The van der Waals surface area contributed by atoms with Crippen LogP contribution in [-0.2, 0) is 16.1 Å². The lowest BCUT2D eigenvalue weighted by Crippen LogP contribution is -2.53. The van der Waals surface area contributed by atoms with Crippen LogP contribution in [0.4, 0.5) is 5.69 Å². The Labute approximate surface area is 117 Å². The van der Waals surface area contributed by atoms with E-state index in [-0.39, 0.29) is 11.9 Å². The molecule has 1 aromatic rings. The van der Waals surface area contributed by atoms with E-state index in [2.05, 4.69) is 5.32 Å². The van der Waals surface area contributed by atoms with Crippen LogP contribution in [0, 0.1) is 0 Å². The molecule has 1 aliphatic rings. The maximum Gasteiger partial charge on any atom is 0.340 e. The molecule has 1 fully saturated rings. The van der Waals surface area contributed by atoms with E-state index < -0.39 is 5.97 Å². The largest absolute Gasteiger partial charge is 0.465 e. The van der Waals surface area contributed by atoms with Gasteiger partial charge in [0.15, 0.2) is 0 Å². The van der Waals surface area contributed by atoms with Gasteiger partial charge in [-0.1, -0.05) is 12.1 Å². The predicted molar refractivity (Wildman–Crippen MR) is 75.1 cm³/mol. The van der Waals surface area contributed by atoms with Crippen molar-refractivity contribution in [3.05, 3.63) is 29.3 Å². The van der Waals surface area contributed by atoms with E-state index in [1.807, 2.05) is 17.9 Å². The molecule has 20 heavy (non-hydrogen) atoms. The third-order valence-electron chi connectivity index (χ3n) is 3.57. The van der Waals surface area contributed by atoms with Crippen molar-refractivity contribution < 1.29 is 14.3 Å². The zero-order valence-electron chi connectivity index (χ0n) is 11.7. The first-order valence-electron chi connectivity index (χ1n) is 6.52. The van der Waals surface area contributed by atoms with E-state index >= 15 is 0 Å². The fourth-order valence-corrected chi connectivity index (χ4v) is 2.37. The summed E-state index contributed by atoms with van der Waals surface area (Å²) in [6.07, 6.45) is 0. The zero-order chi connectivity index (χ0) is 14.7. The van der Waals surface area contributed by atoms with Crippen molar-refractivity contribution in [2.24, 2.45) is 0 Å². The molecular formula is C14H19N3O3. The van der Waals surface area contributed by atoms with Crippen LogP contribution in [0.25, 0.3) is 0 Å². The van der Waals surface area contributed by atoms with Gasteiger partial charge >= 0.3 is 5.97 Å². The molecule has 1 saturated heterocycles. The van der Waals surface area contributed by atoms with Gasteiger partial charge in [-0.15, -0.1) is 0 Å². The number of nitrogens with two attached hydrogens (primary N) is 1. The monoisotopic (exact) mass is 277 g/mol. The first kappa shape index (κ1) is 14.3. The Hall–Kier alpha value is -2.08. The Kier molecular flexibility index (Phi) is 4.24. The number of carbonyl (C=O) groups excluding carboxylic acids is 2. The molecule has 3 N–H and O–H groups in total. The molecule has 2 rings (SSSR count). The first-order chi connectivity index (χ1) is 9.54. The Bertz CT molecular complexity index is 530. The van der Waals surface area contributed by atoms with Gasteiger partial charge in [0.1, 0.15) is 0 Å². The van der Waals surface area contributed by atoms with Crippen molar-refractivity contribution in [3.63, 3.8) is 0 Å². The van der Waals surface area contributed by atoms with Crippen LogP contribution < -0.4 is 11.1 Å². The molecule has 0 bridgehead atoms. The molecule has 0 aromatic heterocycles. The average molecular weight is 277 g/mol. The van der Waals surface area contributed by atoms with Crippen LogP contribution >= 0.6 is 0 Å². The van der Waals surface area contributed by atoms with Crippen LogP contribution in [0.2, 0.25) is 0 Å². The lowest BCUT2D eigenvalue weighted by atomic mass is 10.0. The van der Waals surface area contributed by atoms with Gasteiger partial charge in [0, 0.05) is 25.3 Å². The summed E-state index contributed by atoms with van der Waals surface area (Å²) in [5.41, 5.74) is 7.42. The highest BCUT2D eigenvalue weighted by atomic mass is 16.5. The van der Waals surface area contributed by atoms with Gasteiger partial charge < -0.3 is 15.8 Å². The number of hydrogen-bond acceptors (Lipinski definition) is 5. The fraction of sp³-hybridized carbons (Fsp3) is 0.429. The minimum absolute atomic E-state index is 0.000212. The molecule has 1 unspecified atom stereocenters. The number of nitrogens with zero attached hydrogens (tertiary/aromatic N) is 1. The van der Waals surface area contributed by atoms with Gasteiger partial charge in [-0.05, 0) is 18.6 Å². The van der Waals surface area contributed by atoms with Crippen molar-refractivity contribution in [1.82, 2.24) is 10.2 Å². The quantitative estimate of drug-likeness (QED) is 0.616. The highest BCUT2D eigenvalue weighted by molar-refractivity contribution is 5.96. The average Bonchev–Trinajstić information content (AvgIpc) is 2.43. The number of carbonyl (C=O) groups is 2. The third kappa shape index (κ3) is 2.75. The summed E-state index contributed by atoms with van der Waals surface area (Å²) in [6, 6.07) is 5.08. The Balaban J connectivity index is 2.27. The second-order valence-corrected chi connectivity index (χ2v) is 4.81. The maximum atomic E-state index is 11.8. The number of ether oxygens (including phenoxy) is 1. The van der Waals surface area contributed by atoms with Gasteiger partial charge in [-0.2, -0.15) is 0 Å². The summed E-state index contributed by atoms with van der Waals surface area (Å²) >= 11 is 0. The molecular weight excluding hydrogens is 258 g/mol. The van der Waals surface area contributed by atoms with Gasteiger partial charge in [0.2, 0.25) is 5.91 Å². The number of amides is 1. The van der Waals surface area contributed by atoms with Crippen LogP contribution in [0.1, 0.15) is 22.8 Å². The molecule has 0 saturated carbocycles. The number of methoxy groups -OCH3 is 1. The summed E-state index contributed by atoms with van der Waals surface area (Å²) in [5, 5.41) is 2.81. The number of hydrogen-bond donors (Lipinski definition) is 2. The molecule has 108 valence electrons. The van der Waals surface area contributed by atoms with Crippen LogP contribution in [-0.4, -0.2) is 43.0 Å². The van der Waals surface area contributed by atoms with E-state index in [0.29, 0.717) is 24.3 Å².